The Balaban J connectivity index is 1.62. The molecule has 0 amide bonds. The lowest BCUT2D eigenvalue weighted by Crippen LogP contribution is -2.37. The molecule has 152 valence electrons. The first-order chi connectivity index (χ1) is 14.3. The van der Waals surface area contributed by atoms with E-state index in [-0.39, 0.29) is 0 Å². The van der Waals surface area contributed by atoms with E-state index in [1.54, 1.807) is 18.9 Å². The van der Waals surface area contributed by atoms with Crippen LogP contribution in [-0.4, -0.2) is 65.4 Å². The Morgan fingerprint density at radius 3 is 2.62 bits per heavy atom. The van der Waals surface area contributed by atoms with Crippen molar-refractivity contribution in [3.8, 4) is 22.8 Å². The lowest BCUT2D eigenvalue weighted by molar-refractivity contribution is 0.0410. The van der Waals surface area contributed by atoms with Gasteiger partial charge in [-0.3, -0.25) is 9.47 Å². The maximum absolute atomic E-state index is 6.40. The molecule has 1 aromatic heterocycles. The van der Waals surface area contributed by atoms with E-state index >= 15 is 0 Å². The number of morpholine rings is 1. The second-order valence-corrected chi connectivity index (χ2v) is 8.10. The molecule has 4 rings (SSSR count). The molecule has 1 saturated heterocycles. The minimum Gasteiger partial charge on any atom is -0.495 e. The van der Waals surface area contributed by atoms with Crippen molar-refractivity contribution in [2.45, 2.75) is 5.16 Å². The SMILES string of the molecule is COc1ccc(-n2c(SCCN3CCOCC3)nnc2-c2ccccc2)cc1Cl. The second kappa shape index (κ2) is 9.63. The van der Waals surface area contributed by atoms with Crippen molar-refractivity contribution < 1.29 is 9.47 Å². The summed E-state index contributed by atoms with van der Waals surface area (Å²) in [6.07, 6.45) is 0. The van der Waals surface area contributed by atoms with Gasteiger partial charge >= 0.3 is 0 Å². The minimum absolute atomic E-state index is 0.557. The van der Waals surface area contributed by atoms with E-state index in [2.05, 4.69) is 19.7 Å². The molecule has 1 aliphatic rings. The normalized spacial score (nSPS) is 14.8. The Morgan fingerprint density at radius 1 is 1.10 bits per heavy atom. The third-order valence-corrected chi connectivity index (χ3v) is 6.01. The Hall–Kier alpha value is -2.06. The standard InChI is InChI=1S/C21H23ClN4O2S/c1-27-19-8-7-17(15-18(19)22)26-20(16-5-3-2-4-6-16)23-24-21(26)29-14-11-25-9-12-28-13-10-25/h2-8,15H,9-14H2,1H3. The number of nitrogens with zero attached hydrogens (tertiary/aromatic N) is 4. The van der Waals surface area contributed by atoms with Crippen molar-refractivity contribution in [2.24, 2.45) is 0 Å². The Labute approximate surface area is 179 Å². The van der Waals surface area contributed by atoms with Crippen LogP contribution in [0.3, 0.4) is 0 Å². The molecule has 0 bridgehead atoms. The average molecular weight is 431 g/mol. The fourth-order valence-electron chi connectivity index (χ4n) is 3.26. The summed E-state index contributed by atoms with van der Waals surface area (Å²) >= 11 is 8.10. The number of ether oxygens (including phenoxy) is 2. The lowest BCUT2D eigenvalue weighted by atomic mass is 10.2. The molecule has 0 unspecified atom stereocenters. The van der Waals surface area contributed by atoms with E-state index < -0.39 is 0 Å². The van der Waals surface area contributed by atoms with Crippen LogP contribution in [-0.2, 0) is 4.74 Å². The van der Waals surface area contributed by atoms with Crippen molar-refractivity contribution in [3.05, 3.63) is 53.6 Å². The van der Waals surface area contributed by atoms with Crippen LogP contribution in [0.2, 0.25) is 5.02 Å². The molecule has 3 aromatic rings. The number of thioether (sulfide) groups is 1. The van der Waals surface area contributed by atoms with Crippen LogP contribution in [0.15, 0.2) is 53.7 Å². The first-order valence-corrected chi connectivity index (χ1v) is 10.9. The summed E-state index contributed by atoms with van der Waals surface area (Å²) in [5.41, 5.74) is 1.92. The summed E-state index contributed by atoms with van der Waals surface area (Å²) in [5.74, 6) is 2.36. The molecule has 8 heteroatoms. The second-order valence-electron chi connectivity index (χ2n) is 6.63. The molecule has 0 spiro atoms. The Bertz CT molecular complexity index is 945. The molecule has 0 radical (unpaired) electrons. The van der Waals surface area contributed by atoms with E-state index in [0.29, 0.717) is 10.8 Å². The first kappa shape index (κ1) is 20.2. The van der Waals surface area contributed by atoms with Gasteiger partial charge in [0.15, 0.2) is 11.0 Å². The number of aromatic nitrogens is 3. The maximum atomic E-state index is 6.40. The highest BCUT2D eigenvalue weighted by atomic mass is 35.5. The molecule has 29 heavy (non-hydrogen) atoms. The van der Waals surface area contributed by atoms with E-state index in [9.17, 15) is 0 Å². The van der Waals surface area contributed by atoms with Gasteiger partial charge in [0.05, 0.1) is 31.0 Å². The zero-order valence-corrected chi connectivity index (χ0v) is 17.8. The van der Waals surface area contributed by atoms with Gasteiger partial charge in [0.25, 0.3) is 0 Å². The number of rotatable bonds is 7. The molecule has 1 fully saturated rings. The Kier molecular flexibility index (Phi) is 6.71. The smallest absolute Gasteiger partial charge is 0.196 e. The van der Waals surface area contributed by atoms with Crippen molar-refractivity contribution >= 4 is 23.4 Å². The molecule has 0 N–H and O–H groups in total. The molecule has 0 saturated carbocycles. The summed E-state index contributed by atoms with van der Waals surface area (Å²) < 4.78 is 12.8. The van der Waals surface area contributed by atoms with Gasteiger partial charge in [0.2, 0.25) is 0 Å². The molecule has 2 heterocycles. The topological polar surface area (TPSA) is 52.4 Å². The Morgan fingerprint density at radius 2 is 1.90 bits per heavy atom. The van der Waals surface area contributed by atoms with E-state index in [0.717, 1.165) is 60.8 Å². The highest BCUT2D eigenvalue weighted by Gasteiger charge is 2.18. The van der Waals surface area contributed by atoms with E-state index in [1.165, 1.54) is 0 Å². The van der Waals surface area contributed by atoms with Crippen LogP contribution in [0.4, 0.5) is 0 Å². The fraction of sp³-hybridized carbons (Fsp3) is 0.333. The fourth-order valence-corrected chi connectivity index (χ4v) is 4.46. The minimum atomic E-state index is 0.557. The third kappa shape index (κ3) is 4.75. The van der Waals surface area contributed by atoms with Gasteiger partial charge in [-0.05, 0) is 18.2 Å². The monoisotopic (exact) mass is 430 g/mol. The van der Waals surface area contributed by atoms with Crippen molar-refractivity contribution in [2.75, 3.05) is 45.7 Å². The zero-order chi connectivity index (χ0) is 20.1. The summed E-state index contributed by atoms with van der Waals surface area (Å²) in [5, 5.41) is 10.4. The molecular weight excluding hydrogens is 408 g/mol. The van der Waals surface area contributed by atoms with Crippen LogP contribution in [0, 0.1) is 0 Å². The predicted molar refractivity (Wildman–Crippen MR) is 116 cm³/mol. The van der Waals surface area contributed by atoms with Crippen LogP contribution in [0.25, 0.3) is 17.1 Å². The van der Waals surface area contributed by atoms with Crippen LogP contribution < -0.4 is 4.74 Å². The third-order valence-electron chi connectivity index (χ3n) is 4.80. The summed E-state index contributed by atoms with van der Waals surface area (Å²) in [6.45, 7) is 4.57. The summed E-state index contributed by atoms with van der Waals surface area (Å²) in [6, 6.07) is 15.8. The highest BCUT2D eigenvalue weighted by Crippen LogP contribution is 2.32. The highest BCUT2D eigenvalue weighted by molar-refractivity contribution is 7.99. The lowest BCUT2D eigenvalue weighted by Gasteiger charge is -2.26. The van der Waals surface area contributed by atoms with Crippen molar-refractivity contribution in [3.63, 3.8) is 0 Å². The number of benzene rings is 2. The van der Waals surface area contributed by atoms with Crippen molar-refractivity contribution in [1.82, 2.24) is 19.7 Å². The quantitative estimate of drug-likeness (QED) is 0.528. The van der Waals surface area contributed by atoms with Crippen LogP contribution >= 0.6 is 23.4 Å². The maximum Gasteiger partial charge on any atom is 0.196 e. The zero-order valence-electron chi connectivity index (χ0n) is 16.3. The van der Waals surface area contributed by atoms with Gasteiger partial charge in [0.1, 0.15) is 5.75 Å². The number of hydrogen-bond acceptors (Lipinski definition) is 6. The molecule has 2 aromatic carbocycles. The largest absolute Gasteiger partial charge is 0.495 e. The predicted octanol–water partition coefficient (Wildman–Crippen LogP) is 4.02. The number of hydrogen-bond donors (Lipinski definition) is 0. The number of halogens is 1. The van der Waals surface area contributed by atoms with Gasteiger partial charge in [-0.2, -0.15) is 0 Å². The molecule has 0 aliphatic carbocycles. The molecule has 1 aliphatic heterocycles. The van der Waals surface area contributed by atoms with Gasteiger partial charge in [-0.15, -0.1) is 10.2 Å². The van der Waals surface area contributed by atoms with E-state index in [4.69, 9.17) is 21.1 Å². The summed E-state index contributed by atoms with van der Waals surface area (Å²) in [7, 11) is 1.61. The van der Waals surface area contributed by atoms with E-state index in [1.807, 2.05) is 48.5 Å². The van der Waals surface area contributed by atoms with Gasteiger partial charge < -0.3 is 9.47 Å². The van der Waals surface area contributed by atoms with Crippen LogP contribution in [0.5, 0.6) is 5.75 Å². The average Bonchev–Trinajstić information content (AvgIpc) is 3.19. The van der Waals surface area contributed by atoms with Crippen LogP contribution in [0.1, 0.15) is 0 Å². The van der Waals surface area contributed by atoms with Gasteiger partial charge in [0, 0.05) is 31.0 Å². The summed E-state index contributed by atoms with van der Waals surface area (Å²) in [4.78, 5) is 2.42. The van der Waals surface area contributed by atoms with Crippen molar-refractivity contribution in [1.29, 1.82) is 0 Å². The number of methoxy groups -OCH3 is 1. The molecule has 0 atom stereocenters. The molecule has 6 nitrogen and oxygen atoms in total. The van der Waals surface area contributed by atoms with Gasteiger partial charge in [-0.1, -0.05) is 53.7 Å². The molecular formula is C21H23ClN4O2S. The first-order valence-electron chi connectivity index (χ1n) is 9.54. The van der Waals surface area contributed by atoms with Gasteiger partial charge in [-0.25, -0.2) is 0 Å².